The molecule has 2 saturated carbocycles. The fourth-order valence-electron chi connectivity index (χ4n) is 6.54. The van der Waals surface area contributed by atoms with Crippen molar-refractivity contribution in [2.75, 3.05) is 39.1 Å². The molecule has 5 rings (SSSR count). The fraction of sp³-hybridized carbons (Fsp3) is 0.467. The van der Waals surface area contributed by atoms with Gasteiger partial charge in [-0.15, -0.1) is 0 Å². The molecule has 6 nitrogen and oxygen atoms in total. The van der Waals surface area contributed by atoms with Crippen LogP contribution in [0.1, 0.15) is 59.9 Å². The van der Waals surface area contributed by atoms with E-state index in [-0.39, 0.29) is 5.41 Å². The number of halogens is 2. The summed E-state index contributed by atoms with van der Waals surface area (Å²) in [4.78, 5) is 26.1. The van der Waals surface area contributed by atoms with E-state index in [0.717, 1.165) is 49.4 Å². The average Bonchev–Trinajstić information content (AvgIpc) is 3.59. The maximum atomic E-state index is 11.9. The zero-order valence-corrected chi connectivity index (χ0v) is 24.2. The number of aromatic nitrogens is 1. The van der Waals surface area contributed by atoms with E-state index < -0.39 is 0 Å². The monoisotopic (exact) mass is 553 g/mol. The summed E-state index contributed by atoms with van der Waals surface area (Å²) in [6, 6.07) is 8.60. The first kappa shape index (κ1) is 27.0. The highest BCUT2D eigenvalue weighted by atomic mass is 35.5. The quantitative estimate of drug-likeness (QED) is 0.218. The molecule has 1 aromatic heterocycles. The number of hydrogen-bond acceptors (Lipinski definition) is 4. The molecule has 0 unspecified atom stereocenters. The van der Waals surface area contributed by atoms with Gasteiger partial charge in [-0.1, -0.05) is 48.8 Å². The zero-order chi connectivity index (χ0) is 27.2. The molecule has 1 saturated heterocycles. The number of H-pyrrole nitrogens is 1. The summed E-state index contributed by atoms with van der Waals surface area (Å²) in [5.74, 6) is 1.74. The third-order valence-corrected chi connectivity index (χ3v) is 9.29. The first-order chi connectivity index (χ1) is 18.1. The molecule has 2 heterocycles. The molecular weight excluding hydrogens is 517 g/mol. The number of likely N-dealkylation sites (N-methyl/N-ethyl adjacent to an activating group) is 1. The van der Waals surface area contributed by atoms with Crippen molar-refractivity contribution in [3.05, 3.63) is 70.8 Å². The first-order valence-electron chi connectivity index (χ1n) is 13.3. The van der Waals surface area contributed by atoms with Gasteiger partial charge in [-0.05, 0) is 60.9 Å². The van der Waals surface area contributed by atoms with Gasteiger partial charge >= 0.3 is 0 Å². The maximum absolute atomic E-state index is 11.9. The van der Waals surface area contributed by atoms with Crippen LogP contribution in [0.5, 0.6) is 0 Å². The van der Waals surface area contributed by atoms with Crippen molar-refractivity contribution in [1.29, 1.82) is 0 Å². The first-order valence-corrected chi connectivity index (χ1v) is 14.0. The van der Waals surface area contributed by atoms with E-state index in [4.69, 9.17) is 28.2 Å². The number of benzene rings is 1. The number of anilines is 1. The minimum Gasteiger partial charge on any atom is -0.353 e. The Morgan fingerprint density at radius 2 is 2.00 bits per heavy atom. The summed E-state index contributed by atoms with van der Waals surface area (Å²) in [6.45, 7) is 8.94. The lowest BCUT2D eigenvalue weighted by molar-refractivity contribution is 0.103. The van der Waals surface area contributed by atoms with Crippen LogP contribution in [0.25, 0.3) is 5.03 Å². The standard InChI is InChI=1S/C30H37Cl2N5O/c1-6-35(4)28(33-3)30(18-29(19-30)10-11-29)21-8-7-9-22(12-21)36(5)15-23(31)26-25(17-38)34-24(27(26)32)16-37-13-20(2)14-37/h6-9,12,15,17,20,34H,1,10-11,13-14,16,18-19H2,2-5H3/b23-15+,33-28?. The van der Waals surface area contributed by atoms with Crippen LogP contribution in [0, 0.1) is 11.3 Å². The predicted octanol–water partition coefficient (Wildman–Crippen LogP) is 6.52. The molecule has 1 aromatic carbocycles. The highest BCUT2D eigenvalue weighted by molar-refractivity contribution is 6.51. The zero-order valence-electron chi connectivity index (χ0n) is 22.7. The van der Waals surface area contributed by atoms with Gasteiger partial charge in [-0.2, -0.15) is 0 Å². The minimum absolute atomic E-state index is 0.129. The molecule has 0 atom stereocenters. The van der Waals surface area contributed by atoms with Crippen molar-refractivity contribution in [2.24, 2.45) is 16.3 Å². The molecule has 0 bridgehead atoms. The Morgan fingerprint density at radius 3 is 2.58 bits per heavy atom. The van der Waals surface area contributed by atoms with Crippen molar-refractivity contribution in [3.8, 4) is 0 Å². The summed E-state index contributed by atoms with van der Waals surface area (Å²) in [6.07, 6.45) is 9.27. The SMILES string of the molecule is C=CN(C)C(=NC)C1(c2cccc(N(C)/C=C(/Cl)c3c(C=O)[nH]c(CN4CC(C)C4)c3Cl)c2)CC2(CC2)C1. The number of carbonyl (C=O) groups excluding carboxylic acids is 1. The lowest BCUT2D eigenvalue weighted by Gasteiger charge is -2.51. The van der Waals surface area contributed by atoms with Gasteiger partial charge in [0, 0.05) is 63.9 Å². The largest absolute Gasteiger partial charge is 0.353 e. The van der Waals surface area contributed by atoms with E-state index in [2.05, 4.69) is 52.6 Å². The van der Waals surface area contributed by atoms with Crippen molar-refractivity contribution in [3.63, 3.8) is 0 Å². The van der Waals surface area contributed by atoms with Gasteiger partial charge in [0.2, 0.25) is 0 Å². The topological polar surface area (TPSA) is 54.9 Å². The van der Waals surface area contributed by atoms with Crippen molar-refractivity contribution in [2.45, 2.75) is 44.6 Å². The Balaban J connectivity index is 1.43. The van der Waals surface area contributed by atoms with Gasteiger partial charge in [0.1, 0.15) is 5.84 Å². The molecule has 38 heavy (non-hydrogen) atoms. The molecule has 8 heteroatoms. The van der Waals surface area contributed by atoms with Gasteiger partial charge in [-0.3, -0.25) is 14.7 Å². The summed E-state index contributed by atoms with van der Waals surface area (Å²) >= 11 is 13.6. The molecule has 1 N–H and O–H groups in total. The molecule has 1 aliphatic heterocycles. The molecule has 3 aliphatic rings. The number of amidine groups is 1. The number of aliphatic imine (C=N–C) groups is 1. The molecule has 0 amide bonds. The van der Waals surface area contributed by atoms with Crippen LogP contribution >= 0.6 is 23.2 Å². The summed E-state index contributed by atoms with van der Waals surface area (Å²) in [5, 5.41) is 0.927. The number of aldehydes is 1. The lowest BCUT2D eigenvalue weighted by atomic mass is 9.55. The Morgan fingerprint density at radius 1 is 1.29 bits per heavy atom. The van der Waals surface area contributed by atoms with E-state index >= 15 is 0 Å². The third-order valence-electron chi connectivity index (χ3n) is 8.59. The van der Waals surface area contributed by atoms with Crippen molar-refractivity contribution < 1.29 is 4.79 Å². The maximum Gasteiger partial charge on any atom is 0.166 e. The molecule has 202 valence electrons. The van der Waals surface area contributed by atoms with Crippen LogP contribution in [0.15, 0.2) is 48.2 Å². The Hall–Kier alpha value is -2.54. The van der Waals surface area contributed by atoms with Crippen molar-refractivity contribution >= 4 is 46.0 Å². The lowest BCUT2D eigenvalue weighted by Crippen LogP contribution is -2.53. The van der Waals surface area contributed by atoms with E-state index in [9.17, 15) is 4.79 Å². The van der Waals surface area contributed by atoms with Gasteiger partial charge in [-0.25, -0.2) is 0 Å². The summed E-state index contributed by atoms with van der Waals surface area (Å²) in [5.41, 5.74) is 4.38. The highest BCUT2D eigenvalue weighted by Gasteiger charge is 2.63. The molecule has 2 aromatic rings. The smallest absolute Gasteiger partial charge is 0.166 e. The van der Waals surface area contributed by atoms with Crippen LogP contribution < -0.4 is 4.90 Å². The molecule has 0 radical (unpaired) electrons. The molecule has 1 spiro atoms. The minimum atomic E-state index is -0.129. The second kappa shape index (κ2) is 10.2. The van der Waals surface area contributed by atoms with Crippen LogP contribution in [-0.2, 0) is 12.0 Å². The summed E-state index contributed by atoms with van der Waals surface area (Å²) in [7, 11) is 5.86. The Labute approximate surface area is 236 Å². The predicted molar refractivity (Wildman–Crippen MR) is 158 cm³/mol. The number of aromatic amines is 1. The number of nitrogens with zero attached hydrogens (tertiary/aromatic N) is 4. The van der Waals surface area contributed by atoms with Crippen LogP contribution in [0.4, 0.5) is 5.69 Å². The van der Waals surface area contributed by atoms with Gasteiger partial charge in [0.25, 0.3) is 0 Å². The van der Waals surface area contributed by atoms with E-state index in [1.54, 1.807) is 0 Å². The molecule has 2 aliphatic carbocycles. The fourth-order valence-corrected chi connectivity index (χ4v) is 7.24. The number of nitrogens with one attached hydrogen (secondary N) is 1. The number of hydrogen-bond donors (Lipinski definition) is 1. The van der Waals surface area contributed by atoms with Crippen LogP contribution in [0.2, 0.25) is 5.02 Å². The van der Waals surface area contributed by atoms with Crippen LogP contribution in [-0.4, -0.2) is 61.1 Å². The molecular formula is C30H37Cl2N5O. The second-order valence-electron chi connectivity index (χ2n) is 11.5. The third kappa shape index (κ3) is 4.72. The number of rotatable bonds is 9. The molecule has 3 fully saturated rings. The average molecular weight is 555 g/mol. The normalized spacial score (nSPS) is 20.6. The van der Waals surface area contributed by atoms with E-state index in [1.165, 1.54) is 18.4 Å². The number of carbonyl (C=O) groups is 1. The second-order valence-corrected chi connectivity index (χ2v) is 12.3. The summed E-state index contributed by atoms with van der Waals surface area (Å²) < 4.78 is 0. The van der Waals surface area contributed by atoms with E-state index in [0.29, 0.717) is 39.2 Å². The Kier molecular flexibility index (Phi) is 7.27. The van der Waals surface area contributed by atoms with E-state index in [1.807, 2.05) is 38.4 Å². The Bertz CT molecular complexity index is 1290. The van der Waals surface area contributed by atoms with Gasteiger partial charge in [0.15, 0.2) is 6.29 Å². The van der Waals surface area contributed by atoms with Crippen molar-refractivity contribution in [1.82, 2.24) is 14.8 Å². The van der Waals surface area contributed by atoms with Gasteiger partial charge < -0.3 is 14.8 Å². The van der Waals surface area contributed by atoms with Gasteiger partial charge in [0.05, 0.1) is 21.2 Å². The highest BCUT2D eigenvalue weighted by Crippen LogP contribution is 2.69. The number of likely N-dealkylation sites (tertiary alicyclic amines) is 1. The van der Waals surface area contributed by atoms with Crippen LogP contribution in [0.3, 0.4) is 0 Å².